The number of carbonyl (C=O) groups excluding carboxylic acids is 2. The first kappa shape index (κ1) is 32.2. The molecule has 11 nitrogen and oxygen atoms in total. The number of ether oxygens (including phenoxy) is 2. The quantitative estimate of drug-likeness (QED) is 0.174. The first-order valence-corrected chi connectivity index (χ1v) is 19.0. The third-order valence-electron chi connectivity index (χ3n) is 13.0. The molecule has 8 aliphatic rings. The molecule has 4 aromatic rings. The van der Waals surface area contributed by atoms with E-state index < -0.39 is 11.9 Å². The van der Waals surface area contributed by atoms with Crippen molar-refractivity contribution in [3.63, 3.8) is 0 Å². The van der Waals surface area contributed by atoms with Gasteiger partial charge in [0.25, 0.3) is 5.56 Å². The Morgan fingerprint density at radius 3 is 1.74 bits per heavy atom. The maximum atomic E-state index is 12.6. The van der Waals surface area contributed by atoms with Crippen molar-refractivity contribution in [2.24, 2.45) is 35.5 Å². The Balaban J connectivity index is 0.000000135. The summed E-state index contributed by atoms with van der Waals surface area (Å²) >= 11 is 6.51. The topological polar surface area (TPSA) is 133 Å². The predicted molar refractivity (Wildman–Crippen MR) is 185 cm³/mol. The van der Waals surface area contributed by atoms with Crippen molar-refractivity contribution in [1.82, 2.24) is 29.2 Å². The molecule has 0 spiro atoms. The summed E-state index contributed by atoms with van der Waals surface area (Å²) in [5.74, 6) is 4.06. The number of carbonyl (C=O) groups is 2. The summed E-state index contributed by atoms with van der Waals surface area (Å²) in [6, 6.07) is 7.00. The zero-order valence-electron chi connectivity index (χ0n) is 28.8. The summed E-state index contributed by atoms with van der Waals surface area (Å²) in [7, 11) is 0. The van der Waals surface area contributed by atoms with Crippen LogP contribution in [0.15, 0.2) is 29.1 Å². The molecule has 0 atom stereocenters. The Labute approximate surface area is 295 Å². The van der Waals surface area contributed by atoms with Crippen LogP contribution < -0.4 is 5.56 Å². The Morgan fingerprint density at radius 1 is 0.740 bits per heavy atom. The lowest BCUT2D eigenvalue weighted by molar-refractivity contribution is -0.00727. The third-order valence-corrected chi connectivity index (χ3v) is 13.3. The molecule has 4 heterocycles. The molecule has 1 N–H and O–H groups in total. The number of aromatic amines is 1. The molecule has 50 heavy (non-hydrogen) atoms. The maximum Gasteiger partial charge on any atom is 0.358 e. The number of H-pyrrole nitrogens is 1. The van der Waals surface area contributed by atoms with Crippen molar-refractivity contribution in [3.8, 4) is 0 Å². The van der Waals surface area contributed by atoms with Gasteiger partial charge in [-0.2, -0.15) is 14.7 Å². The minimum Gasteiger partial charge on any atom is -0.461 e. The van der Waals surface area contributed by atoms with Gasteiger partial charge in [-0.3, -0.25) is 4.79 Å². The van der Waals surface area contributed by atoms with Crippen molar-refractivity contribution < 1.29 is 19.1 Å². The van der Waals surface area contributed by atoms with Crippen LogP contribution in [-0.4, -0.2) is 54.3 Å². The Kier molecular flexibility index (Phi) is 7.68. The molecular weight excluding hydrogens is 656 g/mol. The fraction of sp³-hybridized carbons (Fsp3) is 0.632. The normalized spacial score (nSPS) is 33.1. The fourth-order valence-electron chi connectivity index (χ4n) is 12.0. The van der Waals surface area contributed by atoms with E-state index in [0.717, 1.165) is 46.9 Å². The number of hydrogen-bond acceptors (Lipinski definition) is 8. The molecule has 0 saturated heterocycles. The molecule has 0 aromatic carbocycles. The van der Waals surface area contributed by atoms with E-state index in [4.69, 9.17) is 26.1 Å². The van der Waals surface area contributed by atoms with Crippen LogP contribution in [0, 0.1) is 35.5 Å². The number of rotatable bonds is 6. The number of esters is 2. The van der Waals surface area contributed by atoms with Crippen LogP contribution in [0.25, 0.3) is 11.3 Å². The first-order chi connectivity index (χ1) is 24.1. The van der Waals surface area contributed by atoms with E-state index in [9.17, 15) is 14.4 Å². The van der Waals surface area contributed by atoms with Gasteiger partial charge in [0.2, 0.25) is 0 Å². The highest BCUT2D eigenvalue weighted by Gasteiger charge is 2.53. The highest BCUT2D eigenvalue weighted by Crippen LogP contribution is 2.61. The SMILES string of the molecule is CCOC(=O)c1cc2[nH]c(C34CC5CC(CC(C5)C3)C4)cc(=O)n2n1.CCOC(=O)c1cc2nc(C34CC5CC(CC(C5)C3)C4)cc(Cl)n2n1. The monoisotopic (exact) mass is 700 g/mol. The van der Waals surface area contributed by atoms with E-state index in [1.54, 1.807) is 32.0 Å². The molecule has 4 aromatic heterocycles. The zero-order valence-corrected chi connectivity index (χ0v) is 29.6. The van der Waals surface area contributed by atoms with Crippen LogP contribution >= 0.6 is 11.6 Å². The summed E-state index contributed by atoms with van der Waals surface area (Å²) in [6.07, 6.45) is 15.5. The summed E-state index contributed by atoms with van der Waals surface area (Å²) in [6.45, 7) is 4.15. The number of nitrogens with zero attached hydrogens (tertiary/aromatic N) is 5. The summed E-state index contributed by atoms with van der Waals surface area (Å²) in [5.41, 5.74) is 3.92. The van der Waals surface area contributed by atoms with Crippen molar-refractivity contribution in [1.29, 1.82) is 0 Å². The van der Waals surface area contributed by atoms with Gasteiger partial charge in [0.05, 0.1) is 18.9 Å². The molecule has 0 radical (unpaired) electrons. The van der Waals surface area contributed by atoms with Gasteiger partial charge in [0, 0.05) is 34.7 Å². The molecule has 0 unspecified atom stereocenters. The standard InChI is InChI=1S/C19H22ClN3O2.C19H23N3O3/c1-2-25-18(24)14-6-17-21-15(7-16(20)23(17)22-14)19-8-11-3-12(9-19)5-13(4-11)10-19;1-2-25-18(24)14-6-16-20-15(7-17(23)22(16)21-14)19-8-11-3-12(9-19)5-13(4-11)10-19/h6-7,11-13H,2-5,8-10H2,1H3;6-7,11-13,20H,2-5,8-10H2,1H3. The summed E-state index contributed by atoms with van der Waals surface area (Å²) in [5, 5.41) is 8.90. The van der Waals surface area contributed by atoms with E-state index in [1.165, 1.54) is 86.1 Å². The maximum absolute atomic E-state index is 12.6. The molecule has 8 fully saturated rings. The number of aromatic nitrogens is 6. The number of hydrogen-bond donors (Lipinski definition) is 1. The van der Waals surface area contributed by atoms with Gasteiger partial charge in [0.1, 0.15) is 10.8 Å². The summed E-state index contributed by atoms with van der Waals surface area (Å²) in [4.78, 5) is 44.8. The van der Waals surface area contributed by atoms with Gasteiger partial charge in [-0.1, -0.05) is 11.6 Å². The second-order valence-electron chi connectivity index (χ2n) is 16.4. The average molecular weight is 701 g/mol. The molecule has 8 aliphatic carbocycles. The lowest BCUT2D eigenvalue weighted by atomic mass is 9.49. The lowest BCUT2D eigenvalue weighted by Crippen LogP contribution is -2.49. The van der Waals surface area contributed by atoms with Crippen LogP contribution in [-0.2, 0) is 20.3 Å². The molecule has 8 bridgehead atoms. The van der Waals surface area contributed by atoms with Gasteiger partial charge < -0.3 is 14.5 Å². The molecule has 0 aliphatic heterocycles. The highest BCUT2D eigenvalue weighted by molar-refractivity contribution is 6.29. The molecule has 12 heteroatoms. The van der Waals surface area contributed by atoms with Crippen LogP contribution in [0.1, 0.15) is 123 Å². The molecule has 264 valence electrons. The number of nitrogens with one attached hydrogen (secondary N) is 1. The second kappa shape index (κ2) is 11.9. The van der Waals surface area contributed by atoms with Gasteiger partial charge in [-0.15, -0.1) is 0 Å². The first-order valence-electron chi connectivity index (χ1n) is 18.7. The average Bonchev–Trinajstić information content (AvgIpc) is 3.70. The van der Waals surface area contributed by atoms with E-state index in [0.29, 0.717) is 29.7 Å². The minimum atomic E-state index is -0.490. The molecule has 12 rings (SSSR count). The van der Waals surface area contributed by atoms with Crippen molar-refractivity contribution in [2.45, 2.75) is 102 Å². The van der Waals surface area contributed by atoms with Gasteiger partial charge >= 0.3 is 11.9 Å². The van der Waals surface area contributed by atoms with Crippen LogP contribution in [0.5, 0.6) is 0 Å². The number of fused-ring (bicyclic) bond motifs is 2. The smallest absolute Gasteiger partial charge is 0.358 e. The largest absolute Gasteiger partial charge is 0.461 e. The minimum absolute atomic E-state index is 0.115. The Bertz CT molecular complexity index is 1990. The highest BCUT2D eigenvalue weighted by atomic mass is 35.5. The third kappa shape index (κ3) is 5.37. The molecule has 0 amide bonds. The van der Waals surface area contributed by atoms with Crippen LogP contribution in [0.3, 0.4) is 0 Å². The summed E-state index contributed by atoms with van der Waals surface area (Å²) < 4.78 is 12.9. The van der Waals surface area contributed by atoms with Gasteiger partial charge in [-0.05, 0) is 132 Å². The lowest BCUT2D eigenvalue weighted by Gasteiger charge is -2.56. The second-order valence-corrected chi connectivity index (χ2v) is 16.8. The van der Waals surface area contributed by atoms with Gasteiger partial charge in [-0.25, -0.2) is 19.1 Å². The predicted octanol–water partition coefficient (Wildman–Crippen LogP) is 6.69. The Hall–Kier alpha value is -3.73. The van der Waals surface area contributed by atoms with E-state index in [-0.39, 0.29) is 27.8 Å². The van der Waals surface area contributed by atoms with Crippen LogP contribution in [0.4, 0.5) is 0 Å². The van der Waals surface area contributed by atoms with Gasteiger partial charge in [0.15, 0.2) is 17.0 Å². The Morgan fingerprint density at radius 2 is 1.22 bits per heavy atom. The van der Waals surface area contributed by atoms with E-state index >= 15 is 0 Å². The van der Waals surface area contributed by atoms with Crippen LogP contribution in [0.2, 0.25) is 5.15 Å². The van der Waals surface area contributed by atoms with Crippen molar-refractivity contribution >= 4 is 34.8 Å². The van der Waals surface area contributed by atoms with E-state index in [2.05, 4.69) is 15.2 Å². The fourth-order valence-corrected chi connectivity index (χ4v) is 12.2. The zero-order chi connectivity index (χ0) is 34.4. The molecule has 8 saturated carbocycles. The molecular formula is C38H45ClN6O5. The van der Waals surface area contributed by atoms with E-state index in [1.807, 2.05) is 6.07 Å². The van der Waals surface area contributed by atoms with Crippen molar-refractivity contribution in [2.75, 3.05) is 13.2 Å². The van der Waals surface area contributed by atoms with Crippen molar-refractivity contribution in [3.05, 3.63) is 62.5 Å². The number of halogens is 1.